The van der Waals surface area contributed by atoms with E-state index >= 15 is 0 Å². The lowest BCUT2D eigenvalue weighted by atomic mass is 10.2. The standard InChI is InChI=1S/C20H19N3O7/c1-13(29-18(24)11-12-28-17-9-7-16(27-2)8-10-17)19-21-22-20(30-19)14-3-5-15(6-4-14)23(25)26/h3-10,13H,11-12H2,1-2H3. The number of hydrogen-bond acceptors (Lipinski definition) is 9. The van der Waals surface area contributed by atoms with Crippen LogP contribution in [0.1, 0.15) is 25.3 Å². The molecule has 0 aliphatic heterocycles. The van der Waals surface area contributed by atoms with Crippen molar-refractivity contribution in [1.82, 2.24) is 10.2 Å². The molecule has 0 saturated heterocycles. The summed E-state index contributed by atoms with van der Waals surface area (Å²) in [5, 5.41) is 18.5. The van der Waals surface area contributed by atoms with Crippen LogP contribution in [0.5, 0.6) is 11.5 Å². The number of nitro benzene ring substituents is 1. The molecule has 3 aromatic rings. The van der Waals surface area contributed by atoms with Gasteiger partial charge in [0.2, 0.25) is 5.89 Å². The summed E-state index contributed by atoms with van der Waals surface area (Å²) in [6, 6.07) is 12.7. The van der Waals surface area contributed by atoms with E-state index in [1.54, 1.807) is 38.3 Å². The number of nitro groups is 1. The molecule has 156 valence electrons. The zero-order chi connectivity index (χ0) is 21.5. The van der Waals surface area contributed by atoms with E-state index in [0.29, 0.717) is 17.1 Å². The average Bonchev–Trinajstić information content (AvgIpc) is 3.25. The number of ether oxygens (including phenoxy) is 3. The van der Waals surface area contributed by atoms with E-state index in [0.717, 1.165) is 0 Å². The van der Waals surface area contributed by atoms with E-state index in [-0.39, 0.29) is 30.5 Å². The molecule has 0 radical (unpaired) electrons. The van der Waals surface area contributed by atoms with E-state index in [4.69, 9.17) is 18.6 Å². The molecule has 2 aromatic carbocycles. The molecular weight excluding hydrogens is 394 g/mol. The molecule has 0 N–H and O–H groups in total. The second kappa shape index (κ2) is 9.50. The Morgan fingerprint density at radius 3 is 2.40 bits per heavy atom. The van der Waals surface area contributed by atoms with E-state index < -0.39 is 17.0 Å². The number of carbonyl (C=O) groups excluding carboxylic acids is 1. The monoisotopic (exact) mass is 413 g/mol. The number of rotatable bonds is 9. The minimum absolute atomic E-state index is 0.0414. The maximum absolute atomic E-state index is 12.0. The van der Waals surface area contributed by atoms with Crippen LogP contribution in [-0.4, -0.2) is 34.8 Å². The zero-order valence-corrected chi connectivity index (χ0v) is 16.3. The fraction of sp³-hybridized carbons (Fsp3) is 0.250. The smallest absolute Gasteiger partial charge is 0.310 e. The highest BCUT2D eigenvalue weighted by Crippen LogP contribution is 2.24. The first-order valence-corrected chi connectivity index (χ1v) is 9.01. The van der Waals surface area contributed by atoms with Crippen LogP contribution in [-0.2, 0) is 9.53 Å². The van der Waals surface area contributed by atoms with Gasteiger partial charge in [-0.25, -0.2) is 0 Å². The Hall–Kier alpha value is -3.95. The number of non-ortho nitro benzene ring substituents is 1. The average molecular weight is 413 g/mol. The first kappa shape index (κ1) is 20.8. The number of methoxy groups -OCH3 is 1. The highest BCUT2D eigenvalue weighted by Gasteiger charge is 2.19. The van der Waals surface area contributed by atoms with Crippen molar-refractivity contribution in [2.75, 3.05) is 13.7 Å². The number of aromatic nitrogens is 2. The number of carbonyl (C=O) groups is 1. The summed E-state index contributed by atoms with van der Waals surface area (Å²) in [5.74, 6) is 1.13. The van der Waals surface area contributed by atoms with Crippen LogP contribution in [0.4, 0.5) is 5.69 Å². The van der Waals surface area contributed by atoms with Crippen LogP contribution in [0.2, 0.25) is 0 Å². The molecule has 1 heterocycles. The molecule has 1 aromatic heterocycles. The van der Waals surface area contributed by atoms with Gasteiger partial charge < -0.3 is 18.6 Å². The first-order chi connectivity index (χ1) is 14.5. The van der Waals surface area contributed by atoms with Gasteiger partial charge in [0.25, 0.3) is 11.6 Å². The fourth-order valence-electron chi connectivity index (χ4n) is 2.47. The van der Waals surface area contributed by atoms with Crippen molar-refractivity contribution < 1.29 is 28.3 Å². The van der Waals surface area contributed by atoms with Crippen molar-refractivity contribution in [2.45, 2.75) is 19.4 Å². The van der Waals surface area contributed by atoms with Crippen molar-refractivity contribution in [3.8, 4) is 23.0 Å². The maximum atomic E-state index is 12.0. The van der Waals surface area contributed by atoms with Gasteiger partial charge in [0.15, 0.2) is 6.10 Å². The zero-order valence-electron chi connectivity index (χ0n) is 16.3. The second-order valence-corrected chi connectivity index (χ2v) is 6.16. The molecule has 3 rings (SSSR count). The molecule has 30 heavy (non-hydrogen) atoms. The Kier molecular flexibility index (Phi) is 6.58. The molecule has 0 aliphatic rings. The Bertz CT molecular complexity index is 1000. The third kappa shape index (κ3) is 5.31. The molecule has 10 heteroatoms. The summed E-state index contributed by atoms with van der Waals surface area (Å²) in [6.07, 6.45) is -0.711. The topological polar surface area (TPSA) is 127 Å². The van der Waals surface area contributed by atoms with Crippen LogP contribution >= 0.6 is 0 Å². The van der Waals surface area contributed by atoms with Gasteiger partial charge in [0, 0.05) is 17.7 Å². The number of benzene rings is 2. The molecule has 0 bridgehead atoms. The molecule has 0 spiro atoms. The normalized spacial score (nSPS) is 11.5. The SMILES string of the molecule is COc1ccc(OCCC(=O)OC(C)c2nnc(-c3ccc([N+](=O)[O-])cc3)o2)cc1. The summed E-state index contributed by atoms with van der Waals surface area (Å²) in [4.78, 5) is 22.2. The first-order valence-electron chi connectivity index (χ1n) is 9.01. The lowest BCUT2D eigenvalue weighted by molar-refractivity contribution is -0.384. The summed E-state index contributed by atoms with van der Waals surface area (Å²) in [6.45, 7) is 1.76. The summed E-state index contributed by atoms with van der Waals surface area (Å²) >= 11 is 0. The Balaban J connectivity index is 1.49. The van der Waals surface area contributed by atoms with Gasteiger partial charge in [-0.15, -0.1) is 10.2 Å². The van der Waals surface area contributed by atoms with Crippen molar-refractivity contribution in [3.05, 3.63) is 64.5 Å². The summed E-state index contributed by atoms with van der Waals surface area (Å²) in [7, 11) is 1.57. The number of esters is 1. The Morgan fingerprint density at radius 2 is 1.77 bits per heavy atom. The lowest BCUT2D eigenvalue weighted by Crippen LogP contribution is -2.12. The molecule has 0 saturated carbocycles. The van der Waals surface area contributed by atoms with E-state index in [2.05, 4.69) is 10.2 Å². The van der Waals surface area contributed by atoms with E-state index in [1.165, 1.54) is 24.3 Å². The molecule has 10 nitrogen and oxygen atoms in total. The number of hydrogen-bond donors (Lipinski definition) is 0. The van der Waals surface area contributed by atoms with Gasteiger partial charge in [-0.2, -0.15) is 0 Å². The molecule has 0 aliphatic carbocycles. The van der Waals surface area contributed by atoms with Gasteiger partial charge in [0.1, 0.15) is 11.5 Å². The van der Waals surface area contributed by atoms with Crippen molar-refractivity contribution in [3.63, 3.8) is 0 Å². The maximum Gasteiger partial charge on any atom is 0.310 e. The predicted molar refractivity (Wildman–Crippen MR) is 104 cm³/mol. The lowest BCUT2D eigenvalue weighted by Gasteiger charge is -2.10. The third-order valence-electron chi connectivity index (χ3n) is 4.06. The van der Waals surface area contributed by atoms with Crippen LogP contribution in [0.15, 0.2) is 52.9 Å². The summed E-state index contributed by atoms with van der Waals surface area (Å²) in [5.41, 5.74) is 0.475. The van der Waals surface area contributed by atoms with E-state index in [9.17, 15) is 14.9 Å². The minimum atomic E-state index is -0.752. The van der Waals surface area contributed by atoms with Gasteiger partial charge in [-0.1, -0.05) is 0 Å². The predicted octanol–water partition coefficient (Wildman–Crippen LogP) is 3.73. The van der Waals surface area contributed by atoms with Crippen molar-refractivity contribution >= 4 is 11.7 Å². The highest BCUT2D eigenvalue weighted by atomic mass is 16.6. The van der Waals surface area contributed by atoms with Crippen molar-refractivity contribution in [1.29, 1.82) is 0 Å². The molecule has 1 atom stereocenters. The van der Waals surface area contributed by atoms with Crippen LogP contribution in [0.25, 0.3) is 11.5 Å². The molecular formula is C20H19N3O7. The molecule has 0 fully saturated rings. The van der Waals surface area contributed by atoms with Crippen molar-refractivity contribution in [2.24, 2.45) is 0 Å². The third-order valence-corrected chi connectivity index (χ3v) is 4.06. The fourth-order valence-corrected chi connectivity index (χ4v) is 2.47. The minimum Gasteiger partial charge on any atom is -0.497 e. The molecule has 1 unspecified atom stereocenters. The second-order valence-electron chi connectivity index (χ2n) is 6.16. The quantitative estimate of drug-likeness (QED) is 0.293. The highest BCUT2D eigenvalue weighted by molar-refractivity contribution is 5.69. The van der Waals surface area contributed by atoms with Gasteiger partial charge in [-0.3, -0.25) is 14.9 Å². The van der Waals surface area contributed by atoms with Crippen LogP contribution in [0, 0.1) is 10.1 Å². The number of nitrogens with zero attached hydrogens (tertiary/aromatic N) is 3. The van der Waals surface area contributed by atoms with Gasteiger partial charge in [0.05, 0.1) is 25.1 Å². The van der Waals surface area contributed by atoms with E-state index in [1.807, 2.05) is 0 Å². The Morgan fingerprint density at radius 1 is 1.10 bits per heavy atom. The summed E-state index contributed by atoms with van der Waals surface area (Å²) < 4.78 is 21.4. The van der Waals surface area contributed by atoms with Crippen LogP contribution in [0.3, 0.4) is 0 Å². The largest absolute Gasteiger partial charge is 0.497 e. The Labute approximate surface area is 171 Å². The van der Waals surface area contributed by atoms with Gasteiger partial charge in [-0.05, 0) is 43.3 Å². The van der Waals surface area contributed by atoms with Crippen LogP contribution < -0.4 is 9.47 Å². The molecule has 0 amide bonds. The van der Waals surface area contributed by atoms with Gasteiger partial charge >= 0.3 is 5.97 Å².